The van der Waals surface area contributed by atoms with E-state index in [4.69, 9.17) is 0 Å². The second-order valence-electron chi connectivity index (χ2n) is 8.07. The maximum absolute atomic E-state index is 13.0. The van der Waals surface area contributed by atoms with E-state index in [-0.39, 0.29) is 23.6 Å². The van der Waals surface area contributed by atoms with Crippen LogP contribution in [-0.4, -0.2) is 37.6 Å². The topological polar surface area (TPSA) is 87.1 Å². The number of rotatable bonds is 4. The number of para-hydroxylation sites is 1. The average Bonchev–Trinajstić information content (AvgIpc) is 3.42. The molecule has 3 N–H and O–H groups in total. The van der Waals surface area contributed by atoms with E-state index in [1.54, 1.807) is 30.5 Å². The fraction of sp³-hybridized carbons (Fsp3) is 0.318. The predicted octanol–water partition coefficient (Wildman–Crippen LogP) is 4.38. The molecule has 0 bridgehead atoms. The molecule has 0 saturated heterocycles. The van der Waals surface area contributed by atoms with Gasteiger partial charge in [-0.15, -0.1) is 0 Å². The molecule has 5 rings (SSSR count). The lowest BCUT2D eigenvalue weighted by atomic mass is 9.91. The van der Waals surface area contributed by atoms with Gasteiger partial charge in [0.05, 0.1) is 17.3 Å². The van der Waals surface area contributed by atoms with Crippen LogP contribution in [0.1, 0.15) is 41.7 Å². The molecule has 1 saturated carbocycles. The van der Waals surface area contributed by atoms with Gasteiger partial charge in [-0.05, 0) is 43.9 Å². The second-order valence-corrected chi connectivity index (χ2v) is 8.07. The number of carbonyl (C=O) groups excluding carboxylic acids is 1. The number of fused-ring (bicyclic) bond motifs is 2. The number of halogens is 3. The third-order valence-corrected chi connectivity index (χ3v) is 5.92. The number of aromatic nitrogens is 4. The summed E-state index contributed by atoms with van der Waals surface area (Å²) in [4.78, 5) is 16.4. The van der Waals surface area contributed by atoms with Crippen molar-refractivity contribution in [2.75, 3.05) is 5.32 Å². The van der Waals surface area contributed by atoms with Crippen molar-refractivity contribution < 1.29 is 18.0 Å². The van der Waals surface area contributed by atoms with Crippen molar-refractivity contribution >= 4 is 28.3 Å². The first-order valence-corrected chi connectivity index (χ1v) is 10.4. The quantitative estimate of drug-likeness (QED) is 0.438. The molecule has 0 unspecified atom stereocenters. The van der Waals surface area contributed by atoms with Gasteiger partial charge in [0.2, 0.25) is 0 Å². The predicted molar refractivity (Wildman–Crippen MR) is 113 cm³/mol. The average molecular weight is 442 g/mol. The zero-order valence-corrected chi connectivity index (χ0v) is 17.0. The van der Waals surface area contributed by atoms with E-state index in [1.807, 2.05) is 12.1 Å². The normalized spacial score (nSPS) is 19.3. The summed E-state index contributed by atoms with van der Waals surface area (Å²) in [6.45, 7) is 0. The number of alkyl halides is 3. The van der Waals surface area contributed by atoms with Crippen LogP contribution in [0.15, 0.2) is 48.8 Å². The molecule has 3 heterocycles. The molecule has 3 aromatic heterocycles. The van der Waals surface area contributed by atoms with Gasteiger partial charge in [0.15, 0.2) is 5.69 Å². The number of amides is 1. The van der Waals surface area contributed by atoms with Crippen LogP contribution in [0.4, 0.5) is 19.0 Å². The lowest BCUT2D eigenvalue weighted by Crippen LogP contribution is -2.40. The molecular formula is C22H21F3N6O. The number of nitrogens with zero attached hydrogens (tertiary/aromatic N) is 3. The number of nitrogens with one attached hydrogen (secondary N) is 3. The molecule has 1 aliphatic carbocycles. The standard InChI is InChI=1S/C22H21F3N6O/c23-22(24,25)17-12-31-18(5-2-6-19(31)29-17)27-14-7-9-15(10-8-14)28-21(32)16-4-1-3-13-11-26-30-20(13)16/h1-6,11-12,14-15,27H,7-10H2,(H,26,30)(H,28,32)/t14-,15+. The second kappa shape index (κ2) is 7.85. The van der Waals surface area contributed by atoms with Crippen molar-refractivity contribution in [1.82, 2.24) is 24.9 Å². The lowest BCUT2D eigenvalue weighted by Gasteiger charge is -2.30. The van der Waals surface area contributed by atoms with Crippen molar-refractivity contribution in [3.63, 3.8) is 0 Å². The van der Waals surface area contributed by atoms with Gasteiger partial charge < -0.3 is 10.6 Å². The molecule has 4 aromatic rings. The van der Waals surface area contributed by atoms with Gasteiger partial charge >= 0.3 is 6.18 Å². The van der Waals surface area contributed by atoms with Crippen LogP contribution in [0.2, 0.25) is 0 Å². The first-order chi connectivity index (χ1) is 15.4. The number of hydrogen-bond acceptors (Lipinski definition) is 4. The zero-order chi connectivity index (χ0) is 22.3. The molecule has 0 atom stereocenters. The Balaban J connectivity index is 1.22. The molecule has 166 valence electrons. The summed E-state index contributed by atoms with van der Waals surface area (Å²) in [5.41, 5.74) is 0.612. The molecular weight excluding hydrogens is 421 g/mol. The zero-order valence-electron chi connectivity index (χ0n) is 17.0. The fourth-order valence-corrected chi connectivity index (χ4v) is 4.28. The van der Waals surface area contributed by atoms with E-state index in [2.05, 4.69) is 25.8 Å². The van der Waals surface area contributed by atoms with Crippen LogP contribution in [0.5, 0.6) is 0 Å². The maximum atomic E-state index is 13.0. The minimum Gasteiger partial charge on any atom is -0.368 e. The Bertz CT molecular complexity index is 1270. The van der Waals surface area contributed by atoms with E-state index in [9.17, 15) is 18.0 Å². The SMILES string of the molecule is O=C(N[C@H]1CC[C@@H](Nc2cccc3nc(C(F)(F)F)cn23)CC1)c1cccc2cn[nH]c12. The van der Waals surface area contributed by atoms with Gasteiger partial charge in [0.25, 0.3) is 5.91 Å². The number of anilines is 1. The van der Waals surface area contributed by atoms with Crippen molar-refractivity contribution in [2.24, 2.45) is 0 Å². The monoisotopic (exact) mass is 442 g/mol. The minimum atomic E-state index is -4.49. The fourth-order valence-electron chi connectivity index (χ4n) is 4.28. The van der Waals surface area contributed by atoms with E-state index in [0.717, 1.165) is 37.3 Å². The highest BCUT2D eigenvalue weighted by Crippen LogP contribution is 2.30. The van der Waals surface area contributed by atoms with Crippen LogP contribution in [0, 0.1) is 0 Å². The minimum absolute atomic E-state index is 0.0413. The largest absolute Gasteiger partial charge is 0.434 e. The molecule has 0 spiro atoms. The third-order valence-electron chi connectivity index (χ3n) is 5.92. The van der Waals surface area contributed by atoms with Crippen molar-refractivity contribution in [3.05, 3.63) is 60.0 Å². The smallest absolute Gasteiger partial charge is 0.368 e. The maximum Gasteiger partial charge on any atom is 0.434 e. The summed E-state index contributed by atoms with van der Waals surface area (Å²) in [6, 6.07) is 10.6. The molecule has 0 aliphatic heterocycles. The van der Waals surface area contributed by atoms with Gasteiger partial charge in [-0.1, -0.05) is 18.2 Å². The summed E-state index contributed by atoms with van der Waals surface area (Å²) >= 11 is 0. The number of carbonyl (C=O) groups is 1. The molecule has 0 radical (unpaired) electrons. The molecule has 1 aromatic carbocycles. The molecule has 7 nitrogen and oxygen atoms in total. The Hall–Kier alpha value is -3.56. The number of aromatic amines is 1. The van der Waals surface area contributed by atoms with E-state index in [1.165, 1.54) is 4.40 Å². The van der Waals surface area contributed by atoms with Gasteiger partial charge in [-0.2, -0.15) is 18.3 Å². The number of benzene rings is 1. The van der Waals surface area contributed by atoms with Crippen molar-refractivity contribution in [3.8, 4) is 0 Å². The first-order valence-electron chi connectivity index (χ1n) is 10.4. The van der Waals surface area contributed by atoms with Gasteiger partial charge in [0, 0.05) is 23.7 Å². The highest BCUT2D eigenvalue weighted by molar-refractivity contribution is 6.05. The molecule has 1 aliphatic rings. The van der Waals surface area contributed by atoms with Crippen LogP contribution >= 0.6 is 0 Å². The molecule has 32 heavy (non-hydrogen) atoms. The number of H-pyrrole nitrogens is 1. The molecule has 1 amide bonds. The van der Waals surface area contributed by atoms with Crippen LogP contribution < -0.4 is 10.6 Å². The Morgan fingerprint density at radius 1 is 1.06 bits per heavy atom. The van der Waals surface area contributed by atoms with Crippen LogP contribution in [0.25, 0.3) is 16.6 Å². The Morgan fingerprint density at radius 3 is 2.59 bits per heavy atom. The van der Waals surface area contributed by atoms with E-state index in [0.29, 0.717) is 16.9 Å². The Morgan fingerprint density at radius 2 is 1.81 bits per heavy atom. The highest BCUT2D eigenvalue weighted by Gasteiger charge is 2.34. The third kappa shape index (κ3) is 3.88. The summed E-state index contributed by atoms with van der Waals surface area (Å²) in [5, 5.41) is 14.2. The molecule has 1 fully saturated rings. The Kier molecular flexibility index (Phi) is 4.99. The number of hydrogen-bond donors (Lipinski definition) is 3. The van der Waals surface area contributed by atoms with Crippen molar-refractivity contribution in [2.45, 2.75) is 43.9 Å². The van der Waals surface area contributed by atoms with Crippen molar-refractivity contribution in [1.29, 1.82) is 0 Å². The highest BCUT2D eigenvalue weighted by atomic mass is 19.4. The summed E-state index contributed by atoms with van der Waals surface area (Å²) in [6.07, 6.45) is 1.33. The van der Waals surface area contributed by atoms with Crippen LogP contribution in [0.3, 0.4) is 0 Å². The summed E-state index contributed by atoms with van der Waals surface area (Å²) in [5.74, 6) is 0.433. The number of imidazole rings is 1. The van der Waals surface area contributed by atoms with Crippen LogP contribution in [-0.2, 0) is 6.18 Å². The van der Waals surface area contributed by atoms with Gasteiger partial charge in [-0.3, -0.25) is 14.3 Å². The number of pyridine rings is 1. The lowest BCUT2D eigenvalue weighted by molar-refractivity contribution is -0.140. The van der Waals surface area contributed by atoms with E-state index < -0.39 is 11.9 Å². The Labute approximate surface area is 181 Å². The summed E-state index contributed by atoms with van der Waals surface area (Å²) < 4.78 is 40.5. The van der Waals surface area contributed by atoms with E-state index >= 15 is 0 Å². The first kappa shape index (κ1) is 20.3. The summed E-state index contributed by atoms with van der Waals surface area (Å²) in [7, 11) is 0. The molecule has 10 heteroatoms. The van der Waals surface area contributed by atoms with Gasteiger partial charge in [-0.25, -0.2) is 4.98 Å². The van der Waals surface area contributed by atoms with Gasteiger partial charge in [0.1, 0.15) is 11.5 Å².